The van der Waals surface area contributed by atoms with Gasteiger partial charge in [-0.3, -0.25) is 4.79 Å². The normalized spacial score (nSPS) is 33.3. The average molecular weight is 198 g/mol. The molecule has 0 saturated heterocycles. The van der Waals surface area contributed by atoms with Crippen molar-refractivity contribution in [3.8, 4) is 0 Å². The van der Waals surface area contributed by atoms with Gasteiger partial charge in [0.05, 0.1) is 5.54 Å². The first-order valence-electron chi connectivity index (χ1n) is 5.50. The number of likely N-dealkylation sites (N-methyl/N-ethyl adjacent to an activating group) is 1. The zero-order chi connectivity index (χ0) is 10.8. The third kappa shape index (κ3) is 2.08. The highest BCUT2D eigenvalue weighted by atomic mass is 16.1. The van der Waals surface area contributed by atoms with Gasteiger partial charge >= 0.3 is 0 Å². The Morgan fingerprint density at radius 3 is 2.64 bits per heavy atom. The van der Waals surface area contributed by atoms with E-state index in [0.717, 1.165) is 19.3 Å². The highest BCUT2D eigenvalue weighted by Crippen LogP contribution is 2.35. The number of nitrogens with one attached hydrogen (secondary N) is 1. The second-order valence-electron chi connectivity index (χ2n) is 4.80. The van der Waals surface area contributed by atoms with Crippen LogP contribution < -0.4 is 11.1 Å². The molecule has 14 heavy (non-hydrogen) atoms. The van der Waals surface area contributed by atoms with Gasteiger partial charge in [-0.1, -0.05) is 26.7 Å². The highest BCUT2D eigenvalue weighted by Gasteiger charge is 2.40. The fourth-order valence-electron chi connectivity index (χ4n) is 2.46. The lowest BCUT2D eigenvalue weighted by Gasteiger charge is -2.39. The van der Waals surface area contributed by atoms with E-state index >= 15 is 0 Å². The molecular weight excluding hydrogens is 176 g/mol. The maximum absolute atomic E-state index is 11.4. The predicted molar refractivity (Wildman–Crippen MR) is 57.8 cm³/mol. The lowest BCUT2D eigenvalue weighted by atomic mass is 9.71. The molecular formula is C11H22N2O. The van der Waals surface area contributed by atoms with E-state index in [-0.39, 0.29) is 5.91 Å². The van der Waals surface area contributed by atoms with E-state index in [1.54, 1.807) is 0 Å². The first-order chi connectivity index (χ1) is 6.52. The SMILES string of the molecule is CNC1(C(N)=O)CCCC(C(C)C)C1. The smallest absolute Gasteiger partial charge is 0.237 e. The molecule has 0 aromatic rings. The molecule has 3 nitrogen and oxygen atoms in total. The van der Waals surface area contributed by atoms with Crippen LogP contribution in [-0.2, 0) is 4.79 Å². The second kappa shape index (κ2) is 4.30. The van der Waals surface area contributed by atoms with Crippen molar-refractivity contribution in [3.05, 3.63) is 0 Å². The molecule has 82 valence electrons. The van der Waals surface area contributed by atoms with E-state index in [1.165, 1.54) is 6.42 Å². The predicted octanol–water partition coefficient (Wildman–Crippen LogP) is 1.28. The van der Waals surface area contributed by atoms with Gasteiger partial charge in [0.1, 0.15) is 0 Å². The molecule has 3 N–H and O–H groups in total. The number of rotatable bonds is 3. The highest BCUT2D eigenvalue weighted by molar-refractivity contribution is 5.84. The fourth-order valence-corrected chi connectivity index (χ4v) is 2.46. The van der Waals surface area contributed by atoms with Crippen molar-refractivity contribution < 1.29 is 4.79 Å². The molecule has 1 aliphatic rings. The molecule has 0 spiro atoms. The standard InChI is InChI=1S/C11H22N2O/c1-8(2)9-5-4-6-11(7-9,13-3)10(12)14/h8-9,13H,4-7H2,1-3H3,(H2,12,14). The zero-order valence-corrected chi connectivity index (χ0v) is 9.47. The summed E-state index contributed by atoms with van der Waals surface area (Å²) < 4.78 is 0. The molecule has 0 heterocycles. The van der Waals surface area contributed by atoms with E-state index in [1.807, 2.05) is 7.05 Å². The molecule has 1 aliphatic carbocycles. The Morgan fingerprint density at radius 2 is 2.21 bits per heavy atom. The van der Waals surface area contributed by atoms with E-state index < -0.39 is 5.54 Å². The van der Waals surface area contributed by atoms with Gasteiger partial charge in [0.2, 0.25) is 5.91 Å². The van der Waals surface area contributed by atoms with Crippen LogP contribution in [0.5, 0.6) is 0 Å². The lowest BCUT2D eigenvalue weighted by Crippen LogP contribution is -2.56. The second-order valence-corrected chi connectivity index (χ2v) is 4.80. The van der Waals surface area contributed by atoms with E-state index in [4.69, 9.17) is 5.73 Å². The minimum Gasteiger partial charge on any atom is -0.368 e. The van der Waals surface area contributed by atoms with Gasteiger partial charge in [-0.15, -0.1) is 0 Å². The minimum absolute atomic E-state index is 0.189. The van der Waals surface area contributed by atoms with Crippen molar-refractivity contribution in [1.82, 2.24) is 5.32 Å². The van der Waals surface area contributed by atoms with Crippen LogP contribution in [0.1, 0.15) is 39.5 Å². The van der Waals surface area contributed by atoms with Crippen LogP contribution >= 0.6 is 0 Å². The van der Waals surface area contributed by atoms with Crippen molar-refractivity contribution in [2.45, 2.75) is 45.1 Å². The van der Waals surface area contributed by atoms with Crippen LogP contribution in [0.2, 0.25) is 0 Å². The van der Waals surface area contributed by atoms with Gasteiger partial charge < -0.3 is 11.1 Å². The first kappa shape index (κ1) is 11.5. The number of carbonyl (C=O) groups excluding carboxylic acids is 1. The van der Waals surface area contributed by atoms with Crippen molar-refractivity contribution in [1.29, 1.82) is 0 Å². The largest absolute Gasteiger partial charge is 0.368 e. The molecule has 0 bridgehead atoms. The van der Waals surface area contributed by atoms with Crippen molar-refractivity contribution in [2.24, 2.45) is 17.6 Å². The molecule has 1 saturated carbocycles. The summed E-state index contributed by atoms with van der Waals surface area (Å²) in [5.41, 5.74) is 5.04. The van der Waals surface area contributed by atoms with Crippen LogP contribution in [0.15, 0.2) is 0 Å². The molecule has 1 amide bonds. The summed E-state index contributed by atoms with van der Waals surface area (Å²) in [5, 5.41) is 3.13. The number of hydrogen-bond acceptors (Lipinski definition) is 2. The average Bonchev–Trinajstić information content (AvgIpc) is 2.17. The molecule has 2 atom stereocenters. The van der Waals surface area contributed by atoms with Gasteiger partial charge in [-0.05, 0) is 31.7 Å². The Kier molecular flexibility index (Phi) is 3.53. The lowest BCUT2D eigenvalue weighted by molar-refractivity contribution is -0.126. The van der Waals surface area contributed by atoms with Gasteiger partial charge in [0.25, 0.3) is 0 Å². The summed E-state index contributed by atoms with van der Waals surface area (Å²) >= 11 is 0. The third-order valence-electron chi connectivity index (χ3n) is 3.68. The number of primary amides is 1. The summed E-state index contributed by atoms with van der Waals surface area (Å²) in [5.74, 6) is 1.08. The van der Waals surface area contributed by atoms with E-state index in [2.05, 4.69) is 19.2 Å². The summed E-state index contributed by atoms with van der Waals surface area (Å²) in [7, 11) is 1.84. The monoisotopic (exact) mass is 198 g/mol. The maximum Gasteiger partial charge on any atom is 0.237 e. The summed E-state index contributed by atoms with van der Waals surface area (Å²) in [6, 6.07) is 0. The third-order valence-corrected chi connectivity index (χ3v) is 3.68. The van der Waals surface area contributed by atoms with Gasteiger partial charge in [0, 0.05) is 0 Å². The van der Waals surface area contributed by atoms with Gasteiger partial charge in [0.15, 0.2) is 0 Å². The molecule has 0 radical (unpaired) electrons. The van der Waals surface area contributed by atoms with Crippen LogP contribution in [-0.4, -0.2) is 18.5 Å². The molecule has 3 heteroatoms. The van der Waals surface area contributed by atoms with Crippen molar-refractivity contribution >= 4 is 5.91 Å². The fraction of sp³-hybridized carbons (Fsp3) is 0.909. The van der Waals surface area contributed by atoms with Gasteiger partial charge in [-0.2, -0.15) is 0 Å². The van der Waals surface area contributed by atoms with E-state index in [9.17, 15) is 4.79 Å². The molecule has 0 aliphatic heterocycles. The zero-order valence-electron chi connectivity index (χ0n) is 9.47. The van der Waals surface area contributed by atoms with Crippen LogP contribution in [0.25, 0.3) is 0 Å². The number of carbonyl (C=O) groups is 1. The number of nitrogens with two attached hydrogens (primary N) is 1. The minimum atomic E-state index is -0.437. The molecule has 0 aromatic carbocycles. The van der Waals surface area contributed by atoms with Crippen LogP contribution in [0.4, 0.5) is 0 Å². The quantitative estimate of drug-likeness (QED) is 0.717. The van der Waals surface area contributed by atoms with Crippen molar-refractivity contribution in [3.63, 3.8) is 0 Å². The maximum atomic E-state index is 11.4. The molecule has 2 unspecified atom stereocenters. The Morgan fingerprint density at radius 1 is 1.57 bits per heavy atom. The molecule has 1 rings (SSSR count). The first-order valence-corrected chi connectivity index (χ1v) is 5.50. The number of amides is 1. The van der Waals surface area contributed by atoms with E-state index in [0.29, 0.717) is 11.8 Å². The molecule has 1 fully saturated rings. The summed E-state index contributed by atoms with van der Waals surface area (Å²) in [6.45, 7) is 4.44. The van der Waals surface area contributed by atoms with Gasteiger partial charge in [-0.25, -0.2) is 0 Å². The Balaban J connectivity index is 2.74. The Hall–Kier alpha value is -0.570. The Bertz CT molecular complexity index is 215. The van der Waals surface area contributed by atoms with Crippen LogP contribution in [0, 0.1) is 11.8 Å². The molecule has 0 aromatic heterocycles. The Labute approximate surface area is 86.4 Å². The summed E-state index contributed by atoms with van der Waals surface area (Å²) in [6.07, 6.45) is 4.12. The summed E-state index contributed by atoms with van der Waals surface area (Å²) in [4.78, 5) is 11.4. The van der Waals surface area contributed by atoms with Crippen molar-refractivity contribution in [2.75, 3.05) is 7.05 Å². The topological polar surface area (TPSA) is 55.1 Å². The van der Waals surface area contributed by atoms with Crippen LogP contribution in [0.3, 0.4) is 0 Å². The number of hydrogen-bond donors (Lipinski definition) is 2.